The van der Waals surface area contributed by atoms with Crippen LogP contribution in [0.1, 0.15) is 31.9 Å². The first-order valence-electron chi connectivity index (χ1n) is 5.86. The lowest BCUT2D eigenvalue weighted by Crippen LogP contribution is -2.44. The Kier molecular flexibility index (Phi) is 3.76. The summed E-state index contributed by atoms with van der Waals surface area (Å²) in [4.78, 5) is 0. The molecular weight excluding hydrogens is 282 g/mol. The molecule has 94 valence electrons. The van der Waals surface area contributed by atoms with Crippen LogP contribution >= 0.6 is 15.9 Å². The minimum Gasteiger partial charge on any atom is -0.485 e. The summed E-state index contributed by atoms with van der Waals surface area (Å²) in [5.74, 6) is 0.870. The molecule has 0 bridgehead atoms. The maximum absolute atomic E-state index is 6.21. The number of benzene rings is 1. The van der Waals surface area contributed by atoms with E-state index in [2.05, 4.69) is 15.9 Å². The molecule has 1 aromatic carbocycles. The maximum atomic E-state index is 6.21. The van der Waals surface area contributed by atoms with E-state index < -0.39 is 0 Å². The van der Waals surface area contributed by atoms with Crippen LogP contribution in [-0.4, -0.2) is 18.8 Å². The van der Waals surface area contributed by atoms with Crippen molar-refractivity contribution in [3.63, 3.8) is 0 Å². The maximum Gasteiger partial charge on any atom is 0.131 e. The van der Waals surface area contributed by atoms with Crippen LogP contribution in [0.5, 0.6) is 5.75 Å². The highest BCUT2D eigenvalue weighted by Gasteiger charge is 2.36. The Morgan fingerprint density at radius 2 is 2.35 bits per heavy atom. The van der Waals surface area contributed by atoms with Gasteiger partial charge in [0.15, 0.2) is 0 Å². The zero-order valence-electron chi connectivity index (χ0n) is 10.2. The molecule has 2 atom stereocenters. The van der Waals surface area contributed by atoms with E-state index in [0.29, 0.717) is 13.2 Å². The van der Waals surface area contributed by atoms with Gasteiger partial charge in [0.2, 0.25) is 0 Å². The lowest BCUT2D eigenvalue weighted by Gasteiger charge is -2.38. The third-order valence-corrected chi connectivity index (χ3v) is 3.48. The second kappa shape index (κ2) is 4.96. The number of halogens is 1. The molecule has 3 nitrogen and oxygen atoms in total. The van der Waals surface area contributed by atoms with Gasteiger partial charge in [0.05, 0.1) is 6.61 Å². The molecule has 0 fully saturated rings. The summed E-state index contributed by atoms with van der Waals surface area (Å²) in [6.07, 6.45) is 0.774. The van der Waals surface area contributed by atoms with E-state index in [1.807, 2.05) is 32.0 Å². The first kappa shape index (κ1) is 12.9. The molecule has 0 amide bonds. The smallest absolute Gasteiger partial charge is 0.131 e. The van der Waals surface area contributed by atoms with Crippen LogP contribution in [0.3, 0.4) is 0 Å². The van der Waals surface area contributed by atoms with Gasteiger partial charge in [0, 0.05) is 29.1 Å². The molecule has 4 heteroatoms. The molecule has 2 rings (SSSR count). The van der Waals surface area contributed by atoms with Crippen molar-refractivity contribution in [2.75, 3.05) is 13.2 Å². The van der Waals surface area contributed by atoms with Crippen molar-refractivity contribution in [1.82, 2.24) is 0 Å². The van der Waals surface area contributed by atoms with Crippen molar-refractivity contribution >= 4 is 15.9 Å². The molecule has 1 aliphatic rings. The molecule has 2 N–H and O–H groups in total. The molecule has 1 unspecified atom stereocenters. The topological polar surface area (TPSA) is 44.5 Å². The molecule has 1 heterocycles. The van der Waals surface area contributed by atoms with Gasteiger partial charge in [-0.3, -0.25) is 0 Å². The van der Waals surface area contributed by atoms with Crippen molar-refractivity contribution in [3.05, 3.63) is 28.2 Å². The second-order valence-corrected chi connectivity index (χ2v) is 5.60. The highest BCUT2D eigenvalue weighted by atomic mass is 79.9. The normalized spacial score (nSPS) is 27.4. The predicted molar refractivity (Wildman–Crippen MR) is 71.2 cm³/mol. The minimum absolute atomic E-state index is 0.00158. The summed E-state index contributed by atoms with van der Waals surface area (Å²) < 4.78 is 12.5. The molecular formula is C13H18BrNO2. The molecule has 0 aromatic heterocycles. The van der Waals surface area contributed by atoms with Gasteiger partial charge in [0.25, 0.3) is 0 Å². The molecule has 1 aromatic rings. The fourth-order valence-corrected chi connectivity index (χ4v) is 2.57. The fraction of sp³-hybridized carbons (Fsp3) is 0.538. The van der Waals surface area contributed by atoms with E-state index in [1.165, 1.54) is 0 Å². The van der Waals surface area contributed by atoms with Crippen LogP contribution in [0.2, 0.25) is 0 Å². The first-order valence-corrected chi connectivity index (χ1v) is 6.65. The Bertz CT molecular complexity index is 410. The average molecular weight is 300 g/mol. The Morgan fingerprint density at radius 1 is 1.59 bits per heavy atom. The molecule has 0 saturated carbocycles. The van der Waals surface area contributed by atoms with E-state index in [4.69, 9.17) is 15.2 Å². The predicted octanol–water partition coefficient (Wildman–Crippen LogP) is 3.03. The van der Waals surface area contributed by atoms with Gasteiger partial charge in [0.1, 0.15) is 11.4 Å². The fourth-order valence-electron chi connectivity index (χ4n) is 2.19. The van der Waals surface area contributed by atoms with Crippen LogP contribution < -0.4 is 10.5 Å². The number of fused-ring (bicyclic) bond motifs is 1. The van der Waals surface area contributed by atoms with Gasteiger partial charge >= 0.3 is 0 Å². The highest BCUT2D eigenvalue weighted by molar-refractivity contribution is 9.10. The number of hydrogen-bond donors (Lipinski definition) is 1. The van der Waals surface area contributed by atoms with Gasteiger partial charge < -0.3 is 15.2 Å². The number of rotatable bonds is 3. The minimum atomic E-state index is -0.323. The second-order valence-electron chi connectivity index (χ2n) is 4.68. The van der Waals surface area contributed by atoms with Crippen LogP contribution in [0.4, 0.5) is 0 Å². The van der Waals surface area contributed by atoms with E-state index in [9.17, 15) is 0 Å². The van der Waals surface area contributed by atoms with Gasteiger partial charge in [-0.05, 0) is 32.0 Å². The number of hydrogen-bond acceptors (Lipinski definition) is 3. The molecule has 0 spiro atoms. The van der Waals surface area contributed by atoms with Gasteiger partial charge in [-0.25, -0.2) is 0 Å². The Morgan fingerprint density at radius 3 is 3.06 bits per heavy atom. The Hall–Kier alpha value is -0.580. The Labute approximate surface area is 110 Å². The summed E-state index contributed by atoms with van der Waals surface area (Å²) in [7, 11) is 0. The summed E-state index contributed by atoms with van der Waals surface area (Å²) in [5.41, 5.74) is 6.95. The van der Waals surface area contributed by atoms with E-state index in [0.717, 1.165) is 22.2 Å². The Balaban J connectivity index is 2.23. The van der Waals surface area contributed by atoms with Crippen molar-refractivity contribution < 1.29 is 9.47 Å². The molecule has 17 heavy (non-hydrogen) atoms. The standard InChI is InChI=1S/C13H18BrNO2/c1-3-16-8-13(2)7-11(15)10-6-9(14)4-5-12(10)17-13/h4-6,11H,3,7-8,15H2,1-2H3/t11-,13?/m1/s1. The van der Waals surface area contributed by atoms with E-state index >= 15 is 0 Å². The number of ether oxygens (including phenoxy) is 2. The zero-order chi connectivity index (χ0) is 12.5. The molecule has 1 aliphatic heterocycles. The van der Waals surface area contributed by atoms with Gasteiger partial charge in [-0.1, -0.05) is 15.9 Å². The van der Waals surface area contributed by atoms with Gasteiger partial charge in [-0.2, -0.15) is 0 Å². The van der Waals surface area contributed by atoms with Crippen molar-refractivity contribution in [1.29, 1.82) is 0 Å². The molecule has 0 saturated heterocycles. The van der Waals surface area contributed by atoms with Crippen molar-refractivity contribution in [3.8, 4) is 5.75 Å². The largest absolute Gasteiger partial charge is 0.485 e. The molecule has 0 radical (unpaired) electrons. The monoisotopic (exact) mass is 299 g/mol. The summed E-state index contributed by atoms with van der Waals surface area (Å²) in [6, 6.07) is 5.96. The lowest BCUT2D eigenvalue weighted by molar-refractivity contribution is -0.0302. The van der Waals surface area contributed by atoms with Crippen molar-refractivity contribution in [2.24, 2.45) is 5.73 Å². The lowest BCUT2D eigenvalue weighted by atomic mass is 9.89. The third kappa shape index (κ3) is 2.81. The van der Waals surface area contributed by atoms with Crippen LogP contribution in [0, 0.1) is 0 Å². The third-order valence-electron chi connectivity index (χ3n) is 2.99. The quantitative estimate of drug-likeness (QED) is 0.933. The van der Waals surface area contributed by atoms with Gasteiger partial charge in [-0.15, -0.1) is 0 Å². The van der Waals surface area contributed by atoms with Crippen LogP contribution in [0.25, 0.3) is 0 Å². The summed E-state index contributed by atoms with van der Waals surface area (Å²) in [5, 5.41) is 0. The van der Waals surface area contributed by atoms with E-state index in [-0.39, 0.29) is 11.6 Å². The first-order chi connectivity index (χ1) is 8.04. The summed E-state index contributed by atoms with van der Waals surface area (Å²) in [6.45, 7) is 5.30. The van der Waals surface area contributed by atoms with Crippen LogP contribution in [0.15, 0.2) is 22.7 Å². The van der Waals surface area contributed by atoms with E-state index in [1.54, 1.807) is 0 Å². The highest BCUT2D eigenvalue weighted by Crippen LogP contribution is 2.39. The van der Waals surface area contributed by atoms with Crippen molar-refractivity contribution in [2.45, 2.75) is 31.9 Å². The summed E-state index contributed by atoms with van der Waals surface area (Å²) >= 11 is 3.45. The SMILES string of the molecule is CCOCC1(C)C[C@@H](N)c2cc(Br)ccc2O1. The zero-order valence-corrected chi connectivity index (χ0v) is 11.8. The average Bonchev–Trinajstić information content (AvgIpc) is 2.28. The molecule has 0 aliphatic carbocycles. The number of nitrogens with two attached hydrogens (primary N) is 1. The van der Waals surface area contributed by atoms with Crippen LogP contribution in [-0.2, 0) is 4.74 Å².